The second-order valence-electron chi connectivity index (χ2n) is 5.87. The summed E-state index contributed by atoms with van der Waals surface area (Å²) in [6.07, 6.45) is 4.75. The van der Waals surface area contributed by atoms with Gasteiger partial charge in [0.15, 0.2) is 5.82 Å². The second-order valence-corrected chi connectivity index (χ2v) is 6.49. The van der Waals surface area contributed by atoms with Crippen LogP contribution < -0.4 is 10.9 Å². The second kappa shape index (κ2) is 5.82. The van der Waals surface area contributed by atoms with Crippen LogP contribution in [0.4, 0.5) is 4.39 Å². The van der Waals surface area contributed by atoms with Crippen molar-refractivity contribution >= 4 is 25.3 Å². The van der Waals surface area contributed by atoms with Gasteiger partial charge in [-0.1, -0.05) is 13.8 Å². The molecule has 3 aromatic rings. The fourth-order valence-corrected chi connectivity index (χ4v) is 2.83. The Labute approximate surface area is 135 Å². The molecule has 1 unspecified atom stereocenters. The summed E-state index contributed by atoms with van der Waals surface area (Å²) in [7, 11) is 4.10. The van der Waals surface area contributed by atoms with E-state index in [0.717, 1.165) is 10.9 Å². The Hall–Kier alpha value is -2.13. The van der Waals surface area contributed by atoms with Gasteiger partial charge in [0.2, 0.25) is 0 Å². The summed E-state index contributed by atoms with van der Waals surface area (Å²) in [6.45, 7) is 4.14. The van der Waals surface area contributed by atoms with Crippen LogP contribution in [0.2, 0.25) is 0 Å². The molecule has 0 aliphatic rings. The predicted octanol–water partition coefficient (Wildman–Crippen LogP) is 2.76. The minimum atomic E-state index is -0.438. The van der Waals surface area contributed by atoms with Crippen molar-refractivity contribution in [1.82, 2.24) is 14.5 Å². The average molecular weight is 329 g/mol. The van der Waals surface area contributed by atoms with Gasteiger partial charge in [-0.25, -0.2) is 14.4 Å². The fraction of sp³-hybridized carbons (Fsp3) is 0.235. The van der Waals surface area contributed by atoms with Crippen LogP contribution in [0.3, 0.4) is 0 Å². The number of benzene rings is 1. The lowest BCUT2D eigenvalue weighted by Gasteiger charge is -2.10. The van der Waals surface area contributed by atoms with Crippen LogP contribution in [0.1, 0.15) is 25.3 Å². The normalized spacial score (nSPS) is 11.4. The highest BCUT2D eigenvalue weighted by Gasteiger charge is 2.13. The molecule has 118 valence electrons. The smallest absolute Gasteiger partial charge is 0.258 e. The molecule has 6 heteroatoms. The summed E-state index contributed by atoms with van der Waals surface area (Å²) in [6, 6.07) is 3.30. The van der Waals surface area contributed by atoms with Gasteiger partial charge in [-0.3, -0.25) is 4.79 Å². The third kappa shape index (κ3) is 2.77. The van der Waals surface area contributed by atoms with Crippen LogP contribution in [0.15, 0.2) is 35.5 Å². The zero-order valence-corrected chi connectivity index (χ0v) is 14.3. The first kappa shape index (κ1) is 15.8. The Kier molecular flexibility index (Phi) is 3.99. The van der Waals surface area contributed by atoms with E-state index in [1.54, 1.807) is 24.5 Å². The monoisotopic (exact) mass is 329 g/mol. The van der Waals surface area contributed by atoms with E-state index in [4.69, 9.17) is 0 Å². The highest BCUT2D eigenvalue weighted by molar-refractivity contribution is 7.28. The highest BCUT2D eigenvalue weighted by atomic mass is 31.0. The molecule has 0 amide bonds. The van der Waals surface area contributed by atoms with Crippen LogP contribution in [-0.2, 0) is 7.05 Å². The largest absolute Gasteiger partial charge is 0.315 e. The summed E-state index contributed by atoms with van der Waals surface area (Å²) in [4.78, 5) is 20.9. The van der Waals surface area contributed by atoms with E-state index < -0.39 is 5.82 Å². The molecule has 0 aliphatic heterocycles. The first-order chi connectivity index (χ1) is 10.9. The van der Waals surface area contributed by atoms with E-state index in [9.17, 15) is 9.18 Å². The van der Waals surface area contributed by atoms with E-state index >= 15 is 0 Å². The molecule has 3 rings (SSSR count). The molecule has 0 N–H and O–H groups in total. The van der Waals surface area contributed by atoms with Crippen LogP contribution in [0.25, 0.3) is 22.2 Å². The minimum absolute atomic E-state index is 0.229. The van der Waals surface area contributed by atoms with Crippen LogP contribution >= 0.6 is 9.24 Å². The highest BCUT2D eigenvalue weighted by Crippen LogP contribution is 2.23. The van der Waals surface area contributed by atoms with Crippen molar-refractivity contribution in [2.45, 2.75) is 19.8 Å². The molecule has 1 aromatic carbocycles. The Morgan fingerprint density at radius 3 is 2.43 bits per heavy atom. The molecule has 0 spiro atoms. The molecule has 23 heavy (non-hydrogen) atoms. The van der Waals surface area contributed by atoms with Crippen molar-refractivity contribution in [3.63, 3.8) is 0 Å². The van der Waals surface area contributed by atoms with Gasteiger partial charge < -0.3 is 4.57 Å². The molecule has 0 aliphatic carbocycles. The quantitative estimate of drug-likeness (QED) is 0.679. The molecule has 4 nitrogen and oxygen atoms in total. The Bertz CT molecular complexity index is 949. The minimum Gasteiger partial charge on any atom is -0.315 e. The summed E-state index contributed by atoms with van der Waals surface area (Å²) in [5.41, 5.74) is 1.51. The molecular formula is C17H17FN3OP. The first-order valence-corrected chi connectivity index (χ1v) is 7.87. The number of nitrogens with zero attached hydrogens (tertiary/aromatic N) is 3. The zero-order chi connectivity index (χ0) is 16.7. The van der Waals surface area contributed by atoms with Gasteiger partial charge in [0.25, 0.3) is 5.56 Å². The lowest BCUT2D eigenvalue weighted by molar-refractivity contribution is 0.619. The van der Waals surface area contributed by atoms with Gasteiger partial charge in [-0.15, -0.1) is 9.24 Å². The Morgan fingerprint density at radius 2 is 1.83 bits per heavy atom. The van der Waals surface area contributed by atoms with Crippen LogP contribution in [-0.4, -0.2) is 14.5 Å². The Balaban J connectivity index is 2.22. The van der Waals surface area contributed by atoms with E-state index in [1.807, 2.05) is 0 Å². The van der Waals surface area contributed by atoms with Gasteiger partial charge in [-0.05, 0) is 28.9 Å². The third-order valence-electron chi connectivity index (χ3n) is 3.88. The Morgan fingerprint density at radius 1 is 1.17 bits per heavy atom. The van der Waals surface area contributed by atoms with Crippen LogP contribution in [0.5, 0.6) is 0 Å². The molecule has 0 bridgehead atoms. The maximum atomic E-state index is 14.2. The van der Waals surface area contributed by atoms with E-state index in [1.165, 1.54) is 17.8 Å². The first-order valence-electron chi connectivity index (χ1n) is 7.29. The lowest BCUT2D eigenvalue weighted by atomic mass is 10.1. The number of halogens is 1. The number of rotatable bonds is 2. The van der Waals surface area contributed by atoms with Gasteiger partial charge in [0, 0.05) is 36.6 Å². The maximum Gasteiger partial charge on any atom is 0.258 e. The fourth-order valence-electron chi connectivity index (χ4n) is 2.45. The van der Waals surface area contributed by atoms with Crippen molar-refractivity contribution in [1.29, 1.82) is 0 Å². The number of aryl methyl sites for hydroxylation is 1. The number of pyridine rings is 1. The molecule has 2 aromatic heterocycles. The van der Waals surface area contributed by atoms with E-state index in [-0.39, 0.29) is 10.9 Å². The standard InChI is InChI=1S/C17H17FN3OP/c1-9(2)10-6-19-16(20-7-10)13-4-11-12(5-15(13)23)17(22)21(3)8-14(11)18/h4-9H,23H2,1-3H3. The summed E-state index contributed by atoms with van der Waals surface area (Å²) in [5.74, 6) is 0.421. The zero-order valence-electron chi connectivity index (χ0n) is 13.2. The van der Waals surface area contributed by atoms with Crippen molar-refractivity contribution in [3.05, 3.63) is 52.5 Å². The number of aromatic nitrogens is 3. The van der Waals surface area contributed by atoms with Crippen molar-refractivity contribution < 1.29 is 4.39 Å². The van der Waals surface area contributed by atoms with E-state index in [0.29, 0.717) is 22.7 Å². The molecule has 2 heterocycles. The molecule has 0 saturated heterocycles. The number of fused-ring (bicyclic) bond motifs is 1. The molecule has 0 fully saturated rings. The molecule has 0 saturated carbocycles. The summed E-state index contributed by atoms with van der Waals surface area (Å²) in [5, 5.41) is 1.39. The molecule has 1 atom stereocenters. The number of hydrogen-bond donors (Lipinski definition) is 0. The van der Waals surface area contributed by atoms with Gasteiger partial charge in [-0.2, -0.15) is 0 Å². The van der Waals surface area contributed by atoms with Gasteiger partial charge in [0.1, 0.15) is 5.82 Å². The predicted molar refractivity (Wildman–Crippen MR) is 93.6 cm³/mol. The number of hydrogen-bond acceptors (Lipinski definition) is 3. The lowest BCUT2D eigenvalue weighted by Crippen LogP contribution is -2.18. The van der Waals surface area contributed by atoms with Gasteiger partial charge >= 0.3 is 0 Å². The average Bonchev–Trinajstić information content (AvgIpc) is 2.52. The summed E-state index contributed by atoms with van der Waals surface area (Å²) < 4.78 is 15.5. The maximum absolute atomic E-state index is 14.2. The van der Waals surface area contributed by atoms with E-state index in [2.05, 4.69) is 33.1 Å². The van der Waals surface area contributed by atoms with Gasteiger partial charge in [0.05, 0.1) is 5.39 Å². The topological polar surface area (TPSA) is 47.8 Å². The summed E-state index contributed by atoms with van der Waals surface area (Å²) >= 11 is 0. The van der Waals surface area contributed by atoms with Crippen molar-refractivity contribution in [2.75, 3.05) is 0 Å². The van der Waals surface area contributed by atoms with Crippen molar-refractivity contribution in [3.8, 4) is 11.4 Å². The molecule has 0 radical (unpaired) electrons. The third-order valence-corrected chi connectivity index (χ3v) is 4.36. The van der Waals surface area contributed by atoms with Crippen LogP contribution in [0, 0.1) is 5.82 Å². The SMILES string of the molecule is CC(C)c1cnc(-c2cc3c(F)cn(C)c(=O)c3cc2P)nc1. The van der Waals surface area contributed by atoms with Crippen molar-refractivity contribution in [2.24, 2.45) is 7.05 Å². The molecular weight excluding hydrogens is 312 g/mol.